The van der Waals surface area contributed by atoms with Crippen molar-refractivity contribution in [1.29, 1.82) is 0 Å². The van der Waals surface area contributed by atoms with Crippen LogP contribution in [0.15, 0.2) is 42.5 Å². The summed E-state index contributed by atoms with van der Waals surface area (Å²) in [7, 11) is 5.99. The van der Waals surface area contributed by atoms with Gasteiger partial charge in [-0.15, -0.1) is 0 Å². The van der Waals surface area contributed by atoms with Crippen LogP contribution in [-0.2, 0) is 6.42 Å². The van der Waals surface area contributed by atoms with Gasteiger partial charge in [-0.2, -0.15) is 0 Å². The van der Waals surface area contributed by atoms with E-state index in [1.807, 2.05) is 0 Å². The average Bonchev–Trinajstić information content (AvgIpc) is 2.53. The van der Waals surface area contributed by atoms with Gasteiger partial charge >= 0.3 is 0 Å². The van der Waals surface area contributed by atoms with Crippen molar-refractivity contribution in [2.75, 3.05) is 21.2 Å². The predicted octanol–water partition coefficient (Wildman–Crippen LogP) is 4.36. The van der Waals surface area contributed by atoms with E-state index in [0.29, 0.717) is 17.0 Å². The molecule has 0 saturated carbocycles. The highest BCUT2D eigenvalue weighted by Gasteiger charge is 2.30. The van der Waals surface area contributed by atoms with Gasteiger partial charge in [-0.3, -0.25) is 0 Å². The highest BCUT2D eigenvalue weighted by Crippen LogP contribution is 2.41. The number of nitrogens with zero attached hydrogens (tertiary/aromatic N) is 1. The molecule has 0 radical (unpaired) electrons. The summed E-state index contributed by atoms with van der Waals surface area (Å²) >= 11 is 6.34. The van der Waals surface area contributed by atoms with Crippen LogP contribution in [0.2, 0.25) is 5.02 Å². The highest BCUT2D eigenvalue weighted by atomic mass is 35.5. The van der Waals surface area contributed by atoms with E-state index in [0.717, 1.165) is 18.6 Å². The number of fused-ring (bicyclic) bond motifs is 1. The lowest BCUT2D eigenvalue weighted by molar-refractivity contribution is 0.258. The number of hydrogen-bond acceptors (Lipinski definition) is 2. The first-order valence-corrected chi connectivity index (χ1v) is 8.05. The lowest BCUT2D eigenvalue weighted by atomic mass is 9.76. The van der Waals surface area contributed by atoms with Gasteiger partial charge in [0, 0.05) is 12.0 Å². The average molecular weight is 316 g/mol. The van der Waals surface area contributed by atoms with Crippen molar-refractivity contribution in [3.8, 4) is 5.75 Å². The van der Waals surface area contributed by atoms with Crippen LogP contribution in [-0.4, -0.2) is 32.1 Å². The standard InChI is InChI=1S/C19H22ClNO/c1-21(2)15-9-14-10-18(20)19(22-3)12-17(14)16(11-15)13-7-5-4-6-8-13/h4-8,10,12,15-16H,9,11H2,1-3H3/t15-,16+/m1/s1. The van der Waals surface area contributed by atoms with E-state index in [-0.39, 0.29) is 0 Å². The van der Waals surface area contributed by atoms with Crippen LogP contribution >= 0.6 is 11.6 Å². The molecule has 3 rings (SSSR count). The van der Waals surface area contributed by atoms with E-state index in [1.54, 1.807) is 7.11 Å². The van der Waals surface area contributed by atoms with Crippen molar-refractivity contribution in [3.63, 3.8) is 0 Å². The summed E-state index contributed by atoms with van der Waals surface area (Å²) in [5, 5.41) is 0.701. The highest BCUT2D eigenvalue weighted by molar-refractivity contribution is 6.32. The topological polar surface area (TPSA) is 12.5 Å². The molecule has 0 spiro atoms. The molecule has 1 aliphatic rings. The van der Waals surface area contributed by atoms with Crippen LogP contribution in [0.5, 0.6) is 5.75 Å². The summed E-state index contributed by atoms with van der Waals surface area (Å²) in [4.78, 5) is 2.32. The zero-order valence-corrected chi connectivity index (χ0v) is 14.1. The van der Waals surface area contributed by atoms with Gasteiger partial charge in [-0.05, 0) is 55.8 Å². The minimum Gasteiger partial charge on any atom is -0.495 e. The van der Waals surface area contributed by atoms with Crippen LogP contribution in [0, 0.1) is 0 Å². The molecule has 1 aliphatic carbocycles. The van der Waals surface area contributed by atoms with E-state index < -0.39 is 0 Å². The van der Waals surface area contributed by atoms with Gasteiger partial charge in [0.05, 0.1) is 12.1 Å². The van der Waals surface area contributed by atoms with E-state index in [2.05, 4.69) is 61.5 Å². The molecule has 2 aromatic carbocycles. The fraction of sp³-hybridized carbons (Fsp3) is 0.368. The number of likely N-dealkylation sites (N-methyl/N-ethyl adjacent to an activating group) is 1. The molecule has 0 aliphatic heterocycles. The van der Waals surface area contributed by atoms with Crippen LogP contribution in [0.4, 0.5) is 0 Å². The van der Waals surface area contributed by atoms with E-state index in [1.165, 1.54) is 16.7 Å². The maximum absolute atomic E-state index is 6.34. The summed E-state index contributed by atoms with van der Waals surface area (Å²) in [5.41, 5.74) is 4.05. The van der Waals surface area contributed by atoms with E-state index in [4.69, 9.17) is 16.3 Å². The third-order valence-corrected chi connectivity index (χ3v) is 4.98. The number of hydrogen-bond donors (Lipinski definition) is 0. The number of ether oxygens (including phenoxy) is 1. The Morgan fingerprint density at radius 3 is 2.50 bits per heavy atom. The summed E-state index contributed by atoms with van der Waals surface area (Å²) in [6, 6.07) is 15.5. The van der Waals surface area contributed by atoms with E-state index in [9.17, 15) is 0 Å². The lowest BCUT2D eigenvalue weighted by Gasteiger charge is -2.36. The van der Waals surface area contributed by atoms with E-state index >= 15 is 0 Å². The Hall–Kier alpha value is -1.51. The minimum atomic E-state index is 0.392. The largest absolute Gasteiger partial charge is 0.495 e. The second-order valence-electron chi connectivity index (χ2n) is 6.21. The minimum absolute atomic E-state index is 0.392. The molecule has 0 amide bonds. The molecule has 2 nitrogen and oxygen atoms in total. The van der Waals surface area contributed by atoms with Crippen molar-refractivity contribution in [3.05, 3.63) is 64.2 Å². The van der Waals surface area contributed by atoms with Gasteiger partial charge in [0.1, 0.15) is 5.75 Å². The summed E-state index contributed by atoms with van der Waals surface area (Å²) in [5.74, 6) is 1.16. The van der Waals surface area contributed by atoms with Gasteiger partial charge in [0.25, 0.3) is 0 Å². The second-order valence-corrected chi connectivity index (χ2v) is 6.61. The van der Waals surface area contributed by atoms with Gasteiger partial charge in [-0.1, -0.05) is 41.9 Å². The number of rotatable bonds is 3. The third kappa shape index (κ3) is 2.86. The summed E-state index contributed by atoms with van der Waals surface area (Å²) < 4.78 is 5.43. The molecule has 2 aromatic rings. The Kier molecular flexibility index (Phi) is 4.42. The molecule has 0 fully saturated rings. The zero-order valence-electron chi connectivity index (χ0n) is 13.3. The number of methoxy groups -OCH3 is 1. The first-order valence-electron chi connectivity index (χ1n) is 7.68. The monoisotopic (exact) mass is 315 g/mol. The molecule has 2 atom stereocenters. The molecule has 0 bridgehead atoms. The predicted molar refractivity (Wildman–Crippen MR) is 92.1 cm³/mol. The summed E-state index contributed by atoms with van der Waals surface area (Å²) in [6.45, 7) is 0. The molecule has 0 heterocycles. The Morgan fingerprint density at radius 1 is 1.14 bits per heavy atom. The SMILES string of the molecule is COc1cc2c(cc1Cl)C[C@@H](N(C)C)C[C@H]2c1ccccc1. The second kappa shape index (κ2) is 6.31. The maximum Gasteiger partial charge on any atom is 0.137 e. The fourth-order valence-corrected chi connectivity index (χ4v) is 3.66. The Labute approximate surface area is 137 Å². The van der Waals surface area contributed by atoms with Gasteiger partial charge in [0.15, 0.2) is 0 Å². The Bertz CT molecular complexity index is 654. The fourth-order valence-electron chi connectivity index (χ4n) is 3.40. The molecular formula is C19H22ClNO. The van der Waals surface area contributed by atoms with Crippen molar-refractivity contribution < 1.29 is 4.74 Å². The van der Waals surface area contributed by atoms with Crippen molar-refractivity contribution in [2.45, 2.75) is 24.8 Å². The Morgan fingerprint density at radius 2 is 1.86 bits per heavy atom. The first kappa shape index (κ1) is 15.4. The first-order chi connectivity index (χ1) is 10.6. The van der Waals surface area contributed by atoms with Crippen LogP contribution in [0.1, 0.15) is 29.0 Å². The molecule has 0 unspecified atom stereocenters. The Balaban J connectivity index is 2.10. The van der Waals surface area contributed by atoms with Crippen LogP contribution in [0.3, 0.4) is 0 Å². The van der Waals surface area contributed by atoms with Crippen molar-refractivity contribution >= 4 is 11.6 Å². The van der Waals surface area contributed by atoms with Gasteiger partial charge in [-0.25, -0.2) is 0 Å². The third-order valence-electron chi connectivity index (χ3n) is 4.68. The van der Waals surface area contributed by atoms with Gasteiger partial charge in [0.2, 0.25) is 0 Å². The lowest BCUT2D eigenvalue weighted by Crippen LogP contribution is -2.35. The number of benzene rings is 2. The normalized spacial score (nSPS) is 20.8. The van der Waals surface area contributed by atoms with Crippen molar-refractivity contribution in [2.24, 2.45) is 0 Å². The smallest absolute Gasteiger partial charge is 0.137 e. The quantitative estimate of drug-likeness (QED) is 0.834. The molecule has 0 N–H and O–H groups in total. The van der Waals surface area contributed by atoms with Crippen LogP contribution < -0.4 is 4.74 Å². The molecule has 22 heavy (non-hydrogen) atoms. The number of halogens is 1. The van der Waals surface area contributed by atoms with Crippen LogP contribution in [0.25, 0.3) is 0 Å². The van der Waals surface area contributed by atoms with Crippen molar-refractivity contribution in [1.82, 2.24) is 4.90 Å². The van der Waals surface area contributed by atoms with Gasteiger partial charge < -0.3 is 9.64 Å². The molecule has 3 heteroatoms. The molecule has 0 saturated heterocycles. The zero-order chi connectivity index (χ0) is 15.7. The maximum atomic E-state index is 6.34. The molecule has 0 aromatic heterocycles. The molecule has 116 valence electrons. The molecular weight excluding hydrogens is 294 g/mol. The summed E-state index contributed by atoms with van der Waals surface area (Å²) in [6.07, 6.45) is 2.16.